The van der Waals surface area contributed by atoms with Crippen LogP contribution in [-0.4, -0.2) is 26.5 Å². The number of hydrogen-bond acceptors (Lipinski definition) is 6. The molecule has 2 heterocycles. The Hall–Kier alpha value is -2.54. The van der Waals surface area contributed by atoms with Crippen molar-refractivity contribution in [3.63, 3.8) is 0 Å². The first-order valence-corrected chi connectivity index (χ1v) is 5.64. The molecule has 0 saturated heterocycles. The Labute approximate surface area is 109 Å². The summed E-state index contributed by atoms with van der Waals surface area (Å²) in [6, 6.07) is 3.65. The van der Waals surface area contributed by atoms with Crippen LogP contribution in [0.25, 0.3) is 11.5 Å². The molecule has 98 valence electrons. The van der Waals surface area contributed by atoms with Crippen molar-refractivity contribution in [2.24, 2.45) is 5.84 Å². The van der Waals surface area contributed by atoms with Gasteiger partial charge in [-0.3, -0.25) is 15.0 Å². The zero-order valence-corrected chi connectivity index (χ0v) is 10.5. The molecule has 2 aromatic heterocycles. The number of nitrogens with zero attached hydrogens (tertiary/aromatic N) is 4. The monoisotopic (exact) mass is 258 g/mol. The molecule has 0 radical (unpaired) electrons. The molecule has 3 N–H and O–H groups in total. The normalized spacial score (nSPS) is 10.2. The molecule has 0 atom stereocenters. The van der Waals surface area contributed by atoms with Crippen LogP contribution in [0.3, 0.4) is 0 Å². The fourth-order valence-electron chi connectivity index (χ4n) is 1.45. The van der Waals surface area contributed by atoms with E-state index in [0.29, 0.717) is 18.1 Å². The van der Waals surface area contributed by atoms with Gasteiger partial charge in [0.25, 0.3) is 0 Å². The molecule has 0 fully saturated rings. The highest BCUT2D eigenvalue weighted by atomic mass is 16.1. The zero-order valence-electron chi connectivity index (χ0n) is 10.5. The van der Waals surface area contributed by atoms with E-state index < -0.39 is 5.69 Å². The Morgan fingerprint density at radius 3 is 2.89 bits per heavy atom. The lowest BCUT2D eigenvalue weighted by atomic mass is 10.2. The van der Waals surface area contributed by atoms with Crippen LogP contribution in [0.4, 0.5) is 5.95 Å². The maximum atomic E-state index is 11.5. The summed E-state index contributed by atoms with van der Waals surface area (Å²) in [5.41, 5.74) is 1.05. The SMILES string of the molecule is C=CCN(N)c1nc(-c2ccc(C)cn2)[nH]c(=O)n1. The van der Waals surface area contributed by atoms with Crippen LogP contribution in [0, 0.1) is 6.92 Å². The van der Waals surface area contributed by atoms with E-state index in [1.54, 1.807) is 18.3 Å². The van der Waals surface area contributed by atoms with Gasteiger partial charge in [-0.05, 0) is 18.6 Å². The van der Waals surface area contributed by atoms with Gasteiger partial charge in [-0.15, -0.1) is 6.58 Å². The van der Waals surface area contributed by atoms with Gasteiger partial charge < -0.3 is 0 Å². The third-order valence-corrected chi connectivity index (χ3v) is 2.38. The van der Waals surface area contributed by atoms with Crippen molar-refractivity contribution < 1.29 is 0 Å². The second kappa shape index (κ2) is 5.40. The van der Waals surface area contributed by atoms with E-state index in [9.17, 15) is 4.79 Å². The van der Waals surface area contributed by atoms with Crippen LogP contribution in [-0.2, 0) is 0 Å². The molecule has 19 heavy (non-hydrogen) atoms. The smallest absolute Gasteiger partial charge is 0.288 e. The molecule has 7 heteroatoms. The molecule has 2 aromatic rings. The number of hydrazine groups is 1. The van der Waals surface area contributed by atoms with E-state index in [0.717, 1.165) is 5.56 Å². The maximum Gasteiger partial charge on any atom is 0.349 e. The Kier molecular flexibility index (Phi) is 3.67. The fourth-order valence-corrected chi connectivity index (χ4v) is 1.45. The fraction of sp³-hybridized carbons (Fsp3) is 0.167. The Bertz CT molecular complexity index is 633. The minimum absolute atomic E-state index is 0.126. The first-order chi connectivity index (χ1) is 9.10. The predicted molar refractivity (Wildman–Crippen MR) is 72.4 cm³/mol. The first-order valence-electron chi connectivity index (χ1n) is 5.64. The van der Waals surface area contributed by atoms with E-state index in [2.05, 4.69) is 26.5 Å². The van der Waals surface area contributed by atoms with Crippen LogP contribution in [0.5, 0.6) is 0 Å². The summed E-state index contributed by atoms with van der Waals surface area (Å²) in [6.45, 7) is 5.83. The molecule has 7 nitrogen and oxygen atoms in total. The number of hydrogen-bond donors (Lipinski definition) is 2. The average molecular weight is 258 g/mol. The Morgan fingerprint density at radius 2 is 2.26 bits per heavy atom. The number of pyridine rings is 1. The second-order valence-electron chi connectivity index (χ2n) is 3.96. The first kappa shape index (κ1) is 12.9. The van der Waals surface area contributed by atoms with Crippen LogP contribution in [0.15, 0.2) is 35.8 Å². The minimum Gasteiger partial charge on any atom is -0.288 e. The lowest BCUT2D eigenvalue weighted by Crippen LogP contribution is -2.34. The third kappa shape index (κ3) is 3.02. The van der Waals surface area contributed by atoms with Gasteiger partial charge in [0.1, 0.15) is 5.69 Å². The second-order valence-corrected chi connectivity index (χ2v) is 3.96. The van der Waals surface area contributed by atoms with Crippen molar-refractivity contribution in [1.82, 2.24) is 19.9 Å². The van der Waals surface area contributed by atoms with Gasteiger partial charge in [0.15, 0.2) is 5.82 Å². The maximum absolute atomic E-state index is 11.5. The van der Waals surface area contributed by atoms with Gasteiger partial charge in [0, 0.05) is 6.20 Å². The summed E-state index contributed by atoms with van der Waals surface area (Å²) >= 11 is 0. The summed E-state index contributed by atoms with van der Waals surface area (Å²) in [5.74, 6) is 6.16. The third-order valence-electron chi connectivity index (χ3n) is 2.38. The number of aromatic amines is 1. The predicted octanol–water partition coefficient (Wildman–Crippen LogP) is 0.401. The van der Waals surface area contributed by atoms with Gasteiger partial charge in [-0.2, -0.15) is 9.97 Å². The molecule has 0 aliphatic heterocycles. The van der Waals surface area contributed by atoms with Gasteiger partial charge in [-0.1, -0.05) is 12.1 Å². The quantitative estimate of drug-likeness (QED) is 0.467. The summed E-state index contributed by atoms with van der Waals surface area (Å²) < 4.78 is 0. The van der Waals surface area contributed by atoms with E-state index in [1.165, 1.54) is 5.01 Å². The molecule has 0 amide bonds. The van der Waals surface area contributed by atoms with Gasteiger partial charge in [0.2, 0.25) is 5.95 Å². The number of nitrogens with two attached hydrogens (primary N) is 1. The van der Waals surface area contributed by atoms with E-state index in [1.807, 2.05) is 13.0 Å². The van der Waals surface area contributed by atoms with Crippen LogP contribution >= 0.6 is 0 Å². The molecule has 2 rings (SSSR count). The van der Waals surface area contributed by atoms with E-state index in [4.69, 9.17) is 5.84 Å². The van der Waals surface area contributed by atoms with Crippen LogP contribution in [0.2, 0.25) is 0 Å². The molecule has 0 spiro atoms. The highest BCUT2D eigenvalue weighted by molar-refractivity contribution is 5.50. The van der Waals surface area contributed by atoms with Crippen molar-refractivity contribution in [1.29, 1.82) is 0 Å². The Morgan fingerprint density at radius 1 is 1.47 bits per heavy atom. The van der Waals surface area contributed by atoms with Crippen molar-refractivity contribution in [2.75, 3.05) is 11.6 Å². The van der Waals surface area contributed by atoms with Gasteiger partial charge in [0.05, 0.1) is 6.54 Å². The molecule has 0 aliphatic rings. The summed E-state index contributed by atoms with van der Waals surface area (Å²) in [7, 11) is 0. The van der Waals surface area contributed by atoms with Crippen molar-refractivity contribution in [2.45, 2.75) is 6.92 Å². The molecule has 0 bridgehead atoms. The van der Waals surface area contributed by atoms with Crippen molar-refractivity contribution in [3.05, 3.63) is 47.0 Å². The summed E-state index contributed by atoms with van der Waals surface area (Å²) in [4.78, 5) is 26.1. The molecule has 0 saturated carbocycles. The average Bonchev–Trinajstić information content (AvgIpc) is 2.39. The number of H-pyrrole nitrogens is 1. The minimum atomic E-state index is -0.526. The molecule has 0 aromatic carbocycles. The largest absolute Gasteiger partial charge is 0.349 e. The number of nitrogens with one attached hydrogen (secondary N) is 1. The van der Waals surface area contributed by atoms with Gasteiger partial charge >= 0.3 is 5.69 Å². The Balaban J connectivity index is 2.44. The highest BCUT2D eigenvalue weighted by Crippen LogP contribution is 2.12. The molecular formula is C12H14N6O. The molecular weight excluding hydrogens is 244 g/mol. The van der Waals surface area contributed by atoms with E-state index in [-0.39, 0.29) is 5.95 Å². The standard InChI is InChI=1S/C12H14N6O/c1-3-6-18(13)11-15-10(16-12(19)17-11)9-5-4-8(2)7-14-9/h3-5,7H,1,6,13H2,2H3,(H,15,16,17,19). The van der Waals surface area contributed by atoms with Crippen molar-refractivity contribution in [3.8, 4) is 11.5 Å². The summed E-state index contributed by atoms with van der Waals surface area (Å²) in [5, 5.41) is 1.24. The van der Waals surface area contributed by atoms with Gasteiger partial charge in [-0.25, -0.2) is 10.6 Å². The zero-order chi connectivity index (χ0) is 13.8. The molecule has 0 aliphatic carbocycles. The highest BCUT2D eigenvalue weighted by Gasteiger charge is 2.09. The number of aryl methyl sites for hydroxylation is 1. The lowest BCUT2D eigenvalue weighted by molar-refractivity contribution is 0.845. The van der Waals surface area contributed by atoms with Crippen LogP contribution < -0.4 is 16.5 Å². The topological polar surface area (TPSA) is 101 Å². The molecule has 0 unspecified atom stereocenters. The number of aromatic nitrogens is 4. The number of anilines is 1. The lowest BCUT2D eigenvalue weighted by Gasteiger charge is -2.13. The number of rotatable bonds is 4. The van der Waals surface area contributed by atoms with Crippen LogP contribution in [0.1, 0.15) is 5.56 Å². The summed E-state index contributed by atoms with van der Waals surface area (Å²) in [6.07, 6.45) is 3.29. The van der Waals surface area contributed by atoms with Crippen molar-refractivity contribution >= 4 is 5.95 Å². The van der Waals surface area contributed by atoms with E-state index >= 15 is 0 Å².